The number of carbonyl (C=O) groups is 2. The van der Waals surface area contributed by atoms with Gasteiger partial charge in [-0.2, -0.15) is 11.8 Å². The maximum Gasteiger partial charge on any atom is 0.326 e. The normalized spacial score (nSPS) is 11.2. The van der Waals surface area contributed by atoms with Crippen molar-refractivity contribution in [2.45, 2.75) is 83.6 Å². The Hall–Kier alpha value is -1.69. The Morgan fingerprint density at radius 2 is 1.52 bits per heavy atom. The van der Waals surface area contributed by atoms with Crippen LogP contribution in [-0.4, -0.2) is 40.1 Å². The fourth-order valence-corrected chi connectivity index (χ4v) is 3.26. The molecule has 1 amide bonds. The van der Waals surface area contributed by atoms with E-state index in [1.54, 1.807) is 36.0 Å². The molecule has 6 heteroatoms. The zero-order valence-corrected chi connectivity index (χ0v) is 18.9. The molecule has 166 valence electrons. The van der Waals surface area contributed by atoms with E-state index in [0.29, 0.717) is 18.6 Å². The minimum atomic E-state index is -0.936. The van der Waals surface area contributed by atoms with E-state index in [4.69, 9.17) is 10.2 Å². The summed E-state index contributed by atoms with van der Waals surface area (Å²) >= 11 is 1.59. The number of phenols is 1. The number of hydrogen-bond acceptors (Lipinski definition) is 4. The topological polar surface area (TPSA) is 86.6 Å². The number of hydrogen-bond donors (Lipinski definition) is 3. The van der Waals surface area contributed by atoms with Gasteiger partial charge in [-0.1, -0.05) is 76.5 Å². The maximum absolute atomic E-state index is 11.7. The van der Waals surface area contributed by atoms with Gasteiger partial charge in [0.15, 0.2) is 0 Å². The Labute approximate surface area is 180 Å². The van der Waals surface area contributed by atoms with Gasteiger partial charge in [-0.15, -0.1) is 0 Å². The molecule has 5 nitrogen and oxygen atoms in total. The van der Waals surface area contributed by atoms with Crippen LogP contribution in [0.5, 0.6) is 5.75 Å². The molecule has 0 aliphatic carbocycles. The van der Waals surface area contributed by atoms with E-state index in [2.05, 4.69) is 12.2 Å². The van der Waals surface area contributed by atoms with Crippen LogP contribution in [0, 0.1) is 0 Å². The maximum atomic E-state index is 11.7. The first-order chi connectivity index (χ1) is 14.0. The van der Waals surface area contributed by atoms with Gasteiger partial charge >= 0.3 is 5.97 Å². The van der Waals surface area contributed by atoms with Crippen molar-refractivity contribution in [1.29, 1.82) is 0 Å². The highest BCUT2D eigenvalue weighted by atomic mass is 32.2. The number of carboxylic acid groups (broad SMARTS) is 1. The zero-order valence-electron chi connectivity index (χ0n) is 18.1. The number of rotatable bonds is 15. The molecule has 1 aromatic rings. The highest BCUT2D eigenvalue weighted by Crippen LogP contribution is 2.10. The summed E-state index contributed by atoms with van der Waals surface area (Å²) in [5.74, 6) is 0.00312. The molecule has 0 radical (unpaired) electrons. The van der Waals surface area contributed by atoms with E-state index in [-0.39, 0.29) is 5.91 Å². The van der Waals surface area contributed by atoms with E-state index in [9.17, 15) is 9.59 Å². The third-order valence-corrected chi connectivity index (χ3v) is 5.15. The minimum Gasteiger partial charge on any atom is -0.508 e. The van der Waals surface area contributed by atoms with Crippen LogP contribution in [0.1, 0.15) is 77.6 Å². The van der Waals surface area contributed by atoms with Crippen LogP contribution < -0.4 is 5.32 Å². The van der Waals surface area contributed by atoms with E-state index in [0.717, 1.165) is 18.6 Å². The molecule has 0 aromatic heterocycles. The number of phenolic OH excluding ortho intramolecular Hbond substituents is 1. The molecule has 0 aliphatic rings. The van der Waals surface area contributed by atoms with Crippen LogP contribution in [0.2, 0.25) is 0 Å². The summed E-state index contributed by atoms with van der Waals surface area (Å²) in [5.41, 5.74) is 0. The summed E-state index contributed by atoms with van der Waals surface area (Å²) in [4.78, 5) is 22.8. The van der Waals surface area contributed by atoms with E-state index in [1.165, 1.54) is 44.9 Å². The van der Waals surface area contributed by atoms with Crippen molar-refractivity contribution in [3.8, 4) is 5.75 Å². The Kier molecular flexibility index (Phi) is 18.5. The molecule has 29 heavy (non-hydrogen) atoms. The molecule has 3 N–H and O–H groups in total. The number of thioether (sulfide) groups is 1. The summed E-state index contributed by atoms with van der Waals surface area (Å²) < 4.78 is 0. The van der Waals surface area contributed by atoms with Gasteiger partial charge in [0.05, 0.1) is 0 Å². The highest BCUT2D eigenvalue weighted by Gasteiger charge is 2.18. The van der Waals surface area contributed by atoms with Gasteiger partial charge in [0.1, 0.15) is 11.8 Å². The van der Waals surface area contributed by atoms with Gasteiger partial charge in [-0.25, -0.2) is 4.79 Å². The molecular weight excluding hydrogens is 386 g/mol. The number of carboxylic acids is 1. The number of aromatic hydroxyl groups is 1. The molecule has 0 spiro atoms. The second-order valence-corrected chi connectivity index (χ2v) is 8.14. The molecule has 0 heterocycles. The third-order valence-electron chi connectivity index (χ3n) is 4.51. The lowest BCUT2D eigenvalue weighted by molar-refractivity contribution is -0.141. The number of aliphatic carboxylic acids is 1. The van der Waals surface area contributed by atoms with Crippen molar-refractivity contribution in [2.75, 3.05) is 12.0 Å². The zero-order chi connectivity index (χ0) is 21.7. The molecule has 1 aromatic carbocycles. The van der Waals surface area contributed by atoms with Crippen LogP contribution in [0.4, 0.5) is 0 Å². The summed E-state index contributed by atoms with van der Waals surface area (Å²) in [5, 5.41) is 20.3. The van der Waals surface area contributed by atoms with Gasteiger partial charge in [0.25, 0.3) is 0 Å². The predicted molar refractivity (Wildman–Crippen MR) is 123 cm³/mol. The van der Waals surface area contributed by atoms with E-state index in [1.807, 2.05) is 12.3 Å². The molecule has 1 atom stereocenters. The number of unbranched alkanes of at least 4 members (excludes halogenated alkanes) is 8. The van der Waals surface area contributed by atoms with Crippen molar-refractivity contribution < 1.29 is 19.8 Å². The number of amides is 1. The molecule has 0 aliphatic heterocycles. The molecule has 0 bridgehead atoms. The van der Waals surface area contributed by atoms with Gasteiger partial charge in [-0.05, 0) is 37.0 Å². The average molecular weight is 426 g/mol. The minimum absolute atomic E-state index is 0.128. The van der Waals surface area contributed by atoms with Crippen molar-refractivity contribution in [1.82, 2.24) is 5.32 Å². The van der Waals surface area contributed by atoms with Gasteiger partial charge in [0.2, 0.25) is 5.91 Å². The van der Waals surface area contributed by atoms with Crippen LogP contribution in [-0.2, 0) is 9.59 Å². The van der Waals surface area contributed by atoms with Crippen molar-refractivity contribution in [3.05, 3.63) is 30.3 Å². The Bertz CT molecular complexity index is 525. The fourth-order valence-electron chi connectivity index (χ4n) is 2.78. The lowest BCUT2D eigenvalue weighted by Gasteiger charge is -2.13. The monoisotopic (exact) mass is 425 g/mol. The average Bonchev–Trinajstić information content (AvgIpc) is 2.70. The number of nitrogens with one attached hydrogen (secondary N) is 1. The molecule has 0 saturated carbocycles. The summed E-state index contributed by atoms with van der Waals surface area (Å²) in [6.45, 7) is 2.22. The summed E-state index contributed by atoms with van der Waals surface area (Å²) in [6, 6.07) is 7.98. The Morgan fingerprint density at radius 3 is 1.97 bits per heavy atom. The highest BCUT2D eigenvalue weighted by molar-refractivity contribution is 7.98. The quantitative estimate of drug-likeness (QED) is 0.317. The lowest BCUT2D eigenvalue weighted by Crippen LogP contribution is -2.41. The first kappa shape index (κ1) is 27.3. The number of benzene rings is 1. The van der Waals surface area contributed by atoms with Gasteiger partial charge < -0.3 is 15.5 Å². The smallest absolute Gasteiger partial charge is 0.326 e. The van der Waals surface area contributed by atoms with Gasteiger partial charge in [0, 0.05) is 6.42 Å². The summed E-state index contributed by atoms with van der Waals surface area (Å²) in [7, 11) is 0. The summed E-state index contributed by atoms with van der Waals surface area (Å²) in [6.07, 6.45) is 13.8. The van der Waals surface area contributed by atoms with Crippen molar-refractivity contribution in [2.24, 2.45) is 0 Å². The molecule has 0 fully saturated rings. The standard InChI is InChI=1S/C17H33NO3S.C6H6O/c1-3-4-5-6-7-8-9-10-11-12-16(19)18-15(17(20)21)13-14-22-2;7-6-4-2-1-3-5-6/h15H,3-14H2,1-2H3,(H,18,19)(H,20,21);1-5,7H/t15-;/m0./s1. The van der Waals surface area contributed by atoms with E-state index < -0.39 is 12.0 Å². The SMILES string of the molecule is CCCCCCCCCCCC(=O)N[C@@H](CCSC)C(=O)O.Oc1ccccc1. The van der Waals surface area contributed by atoms with Crippen molar-refractivity contribution in [3.63, 3.8) is 0 Å². The first-order valence-electron chi connectivity index (χ1n) is 10.8. The van der Waals surface area contributed by atoms with Crippen LogP contribution in [0.25, 0.3) is 0 Å². The fraction of sp³-hybridized carbons (Fsp3) is 0.652. The van der Waals surface area contributed by atoms with Crippen LogP contribution in [0.3, 0.4) is 0 Å². The lowest BCUT2D eigenvalue weighted by atomic mass is 10.1. The molecular formula is C23H39NO4S. The number of carbonyl (C=O) groups excluding carboxylic acids is 1. The molecule has 0 saturated heterocycles. The number of para-hydroxylation sites is 1. The first-order valence-corrected chi connectivity index (χ1v) is 12.2. The molecule has 0 unspecified atom stereocenters. The third kappa shape index (κ3) is 18.1. The second kappa shape index (κ2) is 19.6. The van der Waals surface area contributed by atoms with E-state index >= 15 is 0 Å². The van der Waals surface area contributed by atoms with Gasteiger partial charge in [-0.3, -0.25) is 4.79 Å². The van der Waals surface area contributed by atoms with Crippen LogP contribution >= 0.6 is 11.8 Å². The second-order valence-electron chi connectivity index (χ2n) is 7.15. The van der Waals surface area contributed by atoms with Crippen LogP contribution in [0.15, 0.2) is 30.3 Å². The molecule has 1 rings (SSSR count). The predicted octanol–water partition coefficient (Wildman–Crippen LogP) is 5.62. The van der Waals surface area contributed by atoms with Crippen molar-refractivity contribution >= 4 is 23.6 Å². The Balaban J connectivity index is 0.000000929. The largest absolute Gasteiger partial charge is 0.508 e. The Morgan fingerprint density at radius 1 is 0.966 bits per heavy atom.